The molecular formula is C10H17BrN4O5S. The van der Waals surface area contributed by atoms with E-state index in [1.54, 1.807) is 7.11 Å². The van der Waals surface area contributed by atoms with E-state index in [4.69, 9.17) is 14.6 Å². The van der Waals surface area contributed by atoms with Crippen LogP contribution in [0.2, 0.25) is 0 Å². The highest BCUT2D eigenvalue weighted by atomic mass is 79.9. The van der Waals surface area contributed by atoms with Crippen LogP contribution >= 0.6 is 15.9 Å². The minimum Gasteiger partial charge on any atom is -0.474 e. The normalized spacial score (nSPS) is 11.4. The van der Waals surface area contributed by atoms with Gasteiger partial charge in [-0.2, -0.15) is 13.1 Å². The summed E-state index contributed by atoms with van der Waals surface area (Å²) >= 11 is 3.15. The van der Waals surface area contributed by atoms with E-state index in [9.17, 15) is 8.42 Å². The van der Waals surface area contributed by atoms with Crippen molar-refractivity contribution < 1.29 is 23.0 Å². The van der Waals surface area contributed by atoms with Gasteiger partial charge in [0.05, 0.1) is 6.61 Å². The van der Waals surface area contributed by atoms with Crippen molar-refractivity contribution in [3.8, 4) is 5.88 Å². The van der Waals surface area contributed by atoms with E-state index in [1.165, 1.54) is 0 Å². The van der Waals surface area contributed by atoms with Gasteiger partial charge in [-0.05, 0) is 22.4 Å². The van der Waals surface area contributed by atoms with Gasteiger partial charge in [0.1, 0.15) is 17.4 Å². The molecule has 0 bridgehead atoms. The van der Waals surface area contributed by atoms with Crippen molar-refractivity contribution in [1.29, 1.82) is 0 Å². The van der Waals surface area contributed by atoms with Crippen molar-refractivity contribution in [3.63, 3.8) is 0 Å². The van der Waals surface area contributed by atoms with Crippen LogP contribution < -0.4 is 14.2 Å². The Kier molecular flexibility index (Phi) is 7.82. The molecule has 0 amide bonds. The molecule has 0 spiro atoms. The fraction of sp³-hybridized carbons (Fsp3) is 0.600. The number of halogens is 1. The third-order valence-electron chi connectivity index (χ3n) is 2.14. The molecule has 0 saturated carbocycles. The first-order valence-electron chi connectivity index (χ1n) is 6.00. The van der Waals surface area contributed by atoms with Gasteiger partial charge in [0, 0.05) is 20.3 Å². The molecule has 0 unspecified atom stereocenters. The largest absolute Gasteiger partial charge is 0.474 e. The molecule has 0 fully saturated rings. The highest BCUT2D eigenvalue weighted by Gasteiger charge is 2.16. The van der Waals surface area contributed by atoms with Crippen LogP contribution in [-0.4, -0.2) is 57.0 Å². The zero-order valence-electron chi connectivity index (χ0n) is 11.4. The lowest BCUT2D eigenvalue weighted by Gasteiger charge is -2.11. The number of methoxy groups -OCH3 is 1. The first-order valence-corrected chi connectivity index (χ1v) is 8.28. The van der Waals surface area contributed by atoms with Crippen LogP contribution in [0.3, 0.4) is 0 Å². The fourth-order valence-corrected chi connectivity index (χ4v) is 2.70. The number of nitrogens with zero attached hydrogens (tertiary/aromatic N) is 2. The van der Waals surface area contributed by atoms with Crippen molar-refractivity contribution in [1.82, 2.24) is 14.7 Å². The summed E-state index contributed by atoms with van der Waals surface area (Å²) in [6, 6.07) is 0. The van der Waals surface area contributed by atoms with Gasteiger partial charge in [0.15, 0.2) is 5.82 Å². The summed E-state index contributed by atoms with van der Waals surface area (Å²) in [6.07, 6.45) is 1.70. The number of anilines is 1. The van der Waals surface area contributed by atoms with E-state index in [2.05, 4.69) is 35.3 Å². The van der Waals surface area contributed by atoms with E-state index in [-0.39, 0.29) is 35.9 Å². The first kappa shape index (κ1) is 18.0. The maximum absolute atomic E-state index is 11.8. The highest BCUT2D eigenvalue weighted by molar-refractivity contribution is 9.10. The number of ether oxygens (including phenoxy) is 2. The Morgan fingerprint density at radius 3 is 2.81 bits per heavy atom. The summed E-state index contributed by atoms with van der Waals surface area (Å²) in [6.45, 7) is 0.550. The number of hydrogen-bond donors (Lipinski definition) is 3. The molecule has 0 aliphatic heterocycles. The third-order valence-corrected chi connectivity index (χ3v) is 3.90. The maximum atomic E-state index is 11.8. The van der Waals surface area contributed by atoms with Crippen molar-refractivity contribution in [2.45, 2.75) is 6.42 Å². The topological polar surface area (TPSA) is 123 Å². The maximum Gasteiger partial charge on any atom is 0.300 e. The predicted octanol–water partition coefficient (Wildman–Crippen LogP) is -0.107. The van der Waals surface area contributed by atoms with Crippen LogP contribution in [0.4, 0.5) is 5.82 Å². The van der Waals surface area contributed by atoms with Gasteiger partial charge < -0.3 is 14.6 Å². The van der Waals surface area contributed by atoms with Crippen LogP contribution in [0.1, 0.15) is 6.42 Å². The summed E-state index contributed by atoms with van der Waals surface area (Å²) in [4.78, 5) is 7.65. The molecule has 0 aliphatic rings. The summed E-state index contributed by atoms with van der Waals surface area (Å²) in [5.74, 6) is 0.174. The summed E-state index contributed by atoms with van der Waals surface area (Å²) in [5.41, 5.74) is 0. The molecule has 120 valence electrons. The molecular weight excluding hydrogens is 368 g/mol. The van der Waals surface area contributed by atoms with E-state index >= 15 is 0 Å². The number of aliphatic hydroxyl groups excluding tert-OH is 1. The van der Waals surface area contributed by atoms with Crippen LogP contribution in [0.25, 0.3) is 0 Å². The Morgan fingerprint density at radius 2 is 2.14 bits per heavy atom. The van der Waals surface area contributed by atoms with Crippen molar-refractivity contribution in [2.24, 2.45) is 0 Å². The highest BCUT2D eigenvalue weighted by Crippen LogP contribution is 2.28. The van der Waals surface area contributed by atoms with Gasteiger partial charge in [0.25, 0.3) is 10.2 Å². The molecule has 0 aromatic carbocycles. The van der Waals surface area contributed by atoms with Crippen molar-refractivity contribution in [3.05, 3.63) is 10.8 Å². The minimum atomic E-state index is -3.76. The average molecular weight is 385 g/mol. The monoisotopic (exact) mass is 384 g/mol. The number of aliphatic hydroxyl groups is 1. The number of nitrogens with one attached hydrogen (secondary N) is 2. The zero-order valence-corrected chi connectivity index (χ0v) is 13.8. The van der Waals surface area contributed by atoms with Crippen LogP contribution in [0.15, 0.2) is 10.8 Å². The first-order chi connectivity index (χ1) is 10.00. The lowest BCUT2D eigenvalue weighted by atomic mass is 10.5. The fourth-order valence-electron chi connectivity index (χ4n) is 1.25. The molecule has 0 aliphatic carbocycles. The number of aromatic nitrogens is 2. The van der Waals surface area contributed by atoms with Gasteiger partial charge in [-0.1, -0.05) is 0 Å². The van der Waals surface area contributed by atoms with Gasteiger partial charge in [0.2, 0.25) is 5.88 Å². The molecule has 21 heavy (non-hydrogen) atoms. The minimum absolute atomic E-state index is 0.0388. The Bertz CT molecular complexity index is 542. The molecule has 1 aromatic heterocycles. The predicted molar refractivity (Wildman–Crippen MR) is 79.4 cm³/mol. The Hall–Kier alpha value is -1.01. The lowest BCUT2D eigenvalue weighted by molar-refractivity contribution is 0.195. The molecule has 1 rings (SSSR count). The Balaban J connectivity index is 2.68. The van der Waals surface area contributed by atoms with E-state index in [0.717, 1.165) is 6.33 Å². The van der Waals surface area contributed by atoms with E-state index < -0.39 is 10.2 Å². The molecule has 0 radical (unpaired) electrons. The molecule has 0 atom stereocenters. The SMILES string of the molecule is COCCCNS(=O)(=O)Nc1ncnc(OCCO)c1Br. The summed E-state index contributed by atoms with van der Waals surface area (Å²) in [5, 5.41) is 8.70. The molecule has 1 heterocycles. The third kappa shape index (κ3) is 6.52. The number of rotatable bonds is 10. The van der Waals surface area contributed by atoms with Gasteiger partial charge in [-0.25, -0.2) is 9.97 Å². The Morgan fingerprint density at radius 1 is 1.38 bits per heavy atom. The smallest absolute Gasteiger partial charge is 0.300 e. The lowest BCUT2D eigenvalue weighted by Crippen LogP contribution is -2.31. The van der Waals surface area contributed by atoms with Crippen molar-refractivity contribution >= 4 is 32.0 Å². The summed E-state index contributed by atoms with van der Waals surface area (Å²) < 4.78 is 38.5. The molecule has 11 heteroatoms. The van der Waals surface area contributed by atoms with Crippen LogP contribution in [0.5, 0.6) is 5.88 Å². The molecule has 9 nitrogen and oxygen atoms in total. The van der Waals surface area contributed by atoms with Crippen LogP contribution in [-0.2, 0) is 14.9 Å². The second-order valence-corrected chi connectivity index (χ2v) is 6.05. The number of hydrogen-bond acceptors (Lipinski definition) is 7. The average Bonchev–Trinajstić information content (AvgIpc) is 2.44. The van der Waals surface area contributed by atoms with Crippen LogP contribution in [0, 0.1) is 0 Å². The van der Waals surface area contributed by atoms with Crippen molar-refractivity contribution in [2.75, 3.05) is 38.2 Å². The van der Waals surface area contributed by atoms with Gasteiger partial charge >= 0.3 is 0 Å². The quantitative estimate of drug-likeness (QED) is 0.481. The zero-order chi connectivity index (χ0) is 15.7. The molecule has 0 saturated heterocycles. The standard InChI is InChI=1S/C10H17BrN4O5S/c1-19-5-2-3-14-21(17,18)15-9-8(11)10(13-7-12-9)20-6-4-16/h7,14,16H,2-6H2,1H3,(H,12,13,15). The second kappa shape index (κ2) is 9.10. The van der Waals surface area contributed by atoms with E-state index in [0.29, 0.717) is 13.0 Å². The molecule has 3 N–H and O–H groups in total. The molecule has 1 aromatic rings. The Labute approximate surface area is 131 Å². The second-order valence-electron chi connectivity index (χ2n) is 3.76. The van der Waals surface area contributed by atoms with E-state index in [1.807, 2.05) is 0 Å². The van der Waals surface area contributed by atoms with Gasteiger partial charge in [-0.15, -0.1) is 0 Å². The summed E-state index contributed by atoms with van der Waals surface area (Å²) in [7, 11) is -2.22. The van der Waals surface area contributed by atoms with Gasteiger partial charge in [-0.3, -0.25) is 4.72 Å².